The third kappa shape index (κ3) is 3.66. The van der Waals surface area contributed by atoms with Gasteiger partial charge in [-0.2, -0.15) is 0 Å². The van der Waals surface area contributed by atoms with Crippen molar-refractivity contribution in [3.8, 4) is 11.5 Å². The average molecular weight is 465 g/mol. The van der Waals surface area contributed by atoms with Crippen LogP contribution in [0.25, 0.3) is 0 Å². The van der Waals surface area contributed by atoms with Crippen molar-refractivity contribution in [3.05, 3.63) is 47.1 Å². The Balaban J connectivity index is 1.08. The molecular weight excluding hydrogens is 432 g/mol. The number of hydrogen-bond acceptors (Lipinski definition) is 7. The molecule has 4 atom stereocenters. The van der Waals surface area contributed by atoms with E-state index < -0.39 is 0 Å². The highest BCUT2D eigenvalue weighted by Gasteiger charge is 2.54. The molecule has 0 amide bonds. The predicted molar refractivity (Wildman–Crippen MR) is 125 cm³/mol. The van der Waals surface area contributed by atoms with Crippen molar-refractivity contribution in [3.63, 3.8) is 0 Å². The van der Waals surface area contributed by atoms with Gasteiger partial charge in [0.15, 0.2) is 17.3 Å². The second-order valence-electron chi connectivity index (χ2n) is 10.6. The van der Waals surface area contributed by atoms with Gasteiger partial charge < -0.3 is 14.2 Å². The molecule has 1 saturated carbocycles. The summed E-state index contributed by atoms with van der Waals surface area (Å²) >= 11 is 0. The van der Waals surface area contributed by atoms with Crippen molar-refractivity contribution < 1.29 is 23.8 Å². The van der Waals surface area contributed by atoms with Gasteiger partial charge in [-0.3, -0.25) is 19.4 Å². The van der Waals surface area contributed by atoms with Crippen molar-refractivity contribution >= 4 is 11.8 Å². The summed E-state index contributed by atoms with van der Waals surface area (Å²) in [6, 6.07) is 6.16. The summed E-state index contributed by atoms with van der Waals surface area (Å²) in [5, 5.41) is 0. The van der Waals surface area contributed by atoms with E-state index in [-0.39, 0.29) is 35.1 Å². The van der Waals surface area contributed by atoms with E-state index in [0.717, 1.165) is 74.8 Å². The number of esters is 1. The highest BCUT2D eigenvalue weighted by atomic mass is 16.7. The Kier molecular flexibility index (Phi) is 5.30. The van der Waals surface area contributed by atoms with Crippen molar-refractivity contribution in [2.45, 2.75) is 39.3 Å². The third-order valence-electron chi connectivity index (χ3n) is 8.49. The first-order valence-electron chi connectivity index (χ1n) is 12.4. The Morgan fingerprint density at radius 1 is 1.06 bits per heavy atom. The predicted octanol–water partition coefficient (Wildman–Crippen LogP) is 2.95. The van der Waals surface area contributed by atoms with Crippen LogP contribution in [0, 0.1) is 17.3 Å². The number of carbonyl (C=O) groups excluding carboxylic acids is 2. The third-order valence-corrected chi connectivity index (χ3v) is 8.49. The molecule has 180 valence electrons. The fourth-order valence-electron chi connectivity index (χ4n) is 6.49. The maximum absolute atomic E-state index is 13.0. The molecule has 6 rings (SSSR count). The summed E-state index contributed by atoms with van der Waals surface area (Å²) in [6.07, 6.45) is 5.38. The molecule has 3 fully saturated rings. The highest BCUT2D eigenvalue weighted by molar-refractivity contribution is 6.05. The first-order valence-corrected chi connectivity index (χ1v) is 12.4. The second kappa shape index (κ2) is 8.24. The van der Waals surface area contributed by atoms with E-state index in [2.05, 4.69) is 28.9 Å². The topological polar surface area (TPSA) is 68.3 Å². The van der Waals surface area contributed by atoms with E-state index >= 15 is 0 Å². The van der Waals surface area contributed by atoms with Gasteiger partial charge >= 0.3 is 5.97 Å². The molecule has 0 radical (unpaired) electrons. The minimum Gasteiger partial charge on any atom is -0.457 e. The number of carbonyl (C=O) groups is 2. The van der Waals surface area contributed by atoms with Crippen LogP contribution in [0.15, 0.2) is 41.5 Å². The van der Waals surface area contributed by atoms with Crippen LogP contribution in [0.5, 0.6) is 11.5 Å². The van der Waals surface area contributed by atoms with Crippen LogP contribution in [-0.2, 0) is 20.9 Å². The number of rotatable bonds is 4. The Morgan fingerprint density at radius 2 is 1.82 bits per heavy atom. The van der Waals surface area contributed by atoms with Gasteiger partial charge in [-0.15, -0.1) is 0 Å². The maximum Gasteiger partial charge on any atom is 0.311 e. The Bertz CT molecular complexity index is 1090. The van der Waals surface area contributed by atoms with Crippen LogP contribution in [0.1, 0.15) is 32.3 Å². The lowest BCUT2D eigenvalue weighted by atomic mass is 9.61. The van der Waals surface area contributed by atoms with E-state index in [4.69, 9.17) is 14.2 Å². The average Bonchev–Trinajstić information content (AvgIpc) is 3.41. The van der Waals surface area contributed by atoms with Crippen molar-refractivity contribution in [2.24, 2.45) is 17.3 Å². The number of allylic oxidation sites excluding steroid dienone is 3. The zero-order valence-corrected chi connectivity index (χ0v) is 19.9. The van der Waals surface area contributed by atoms with Gasteiger partial charge in [0, 0.05) is 56.2 Å². The first kappa shape index (κ1) is 21.9. The normalized spacial score (nSPS) is 33.2. The molecule has 1 unspecified atom stereocenters. The highest BCUT2D eigenvalue weighted by Crippen LogP contribution is 2.53. The van der Waals surface area contributed by atoms with Crippen molar-refractivity contribution in [1.82, 2.24) is 9.80 Å². The lowest BCUT2D eigenvalue weighted by molar-refractivity contribution is -0.144. The Morgan fingerprint density at radius 3 is 2.65 bits per heavy atom. The van der Waals surface area contributed by atoms with Gasteiger partial charge in [0.2, 0.25) is 6.79 Å². The molecule has 0 spiro atoms. The van der Waals surface area contributed by atoms with E-state index in [1.165, 1.54) is 5.56 Å². The van der Waals surface area contributed by atoms with Crippen LogP contribution < -0.4 is 9.47 Å². The number of piperazine rings is 1. The molecule has 34 heavy (non-hydrogen) atoms. The molecule has 0 N–H and O–H groups in total. The van der Waals surface area contributed by atoms with E-state index in [0.29, 0.717) is 6.79 Å². The molecule has 1 aromatic carbocycles. The summed E-state index contributed by atoms with van der Waals surface area (Å²) in [6.45, 7) is 9.79. The molecule has 0 bridgehead atoms. The molecule has 3 heterocycles. The molecule has 2 aliphatic carbocycles. The van der Waals surface area contributed by atoms with Gasteiger partial charge in [0.05, 0.1) is 5.92 Å². The minimum absolute atomic E-state index is 0.0474. The van der Waals surface area contributed by atoms with Crippen LogP contribution in [-0.4, -0.2) is 67.2 Å². The van der Waals surface area contributed by atoms with Gasteiger partial charge in [0.1, 0.15) is 6.10 Å². The fraction of sp³-hybridized carbons (Fsp3) is 0.556. The molecular formula is C27H32N2O5. The van der Waals surface area contributed by atoms with Gasteiger partial charge in [-0.25, -0.2) is 0 Å². The van der Waals surface area contributed by atoms with Crippen LogP contribution >= 0.6 is 0 Å². The molecule has 3 aliphatic heterocycles. The van der Waals surface area contributed by atoms with Crippen LogP contribution in [0.4, 0.5) is 0 Å². The zero-order valence-electron chi connectivity index (χ0n) is 19.9. The van der Waals surface area contributed by atoms with Gasteiger partial charge in [-0.1, -0.05) is 19.1 Å². The minimum atomic E-state index is -0.252. The molecule has 7 heteroatoms. The molecule has 0 aromatic heterocycles. The monoisotopic (exact) mass is 464 g/mol. The van der Waals surface area contributed by atoms with Crippen LogP contribution in [0.3, 0.4) is 0 Å². The molecule has 5 aliphatic rings. The fourth-order valence-corrected chi connectivity index (χ4v) is 6.49. The Labute approximate surface area is 200 Å². The zero-order chi connectivity index (χ0) is 23.4. The number of benzene rings is 1. The molecule has 1 aromatic rings. The van der Waals surface area contributed by atoms with E-state index in [9.17, 15) is 9.59 Å². The smallest absolute Gasteiger partial charge is 0.311 e. The molecule has 7 nitrogen and oxygen atoms in total. The number of nitrogens with zero attached hydrogens (tertiary/aromatic N) is 2. The Hall–Kier alpha value is -2.64. The summed E-state index contributed by atoms with van der Waals surface area (Å²) < 4.78 is 16.9. The first-order chi connectivity index (χ1) is 16.4. The van der Waals surface area contributed by atoms with Crippen molar-refractivity contribution in [2.75, 3.05) is 39.5 Å². The van der Waals surface area contributed by atoms with Gasteiger partial charge in [-0.05, 0) is 49.1 Å². The number of fused-ring (bicyclic) bond motifs is 4. The lowest BCUT2D eigenvalue weighted by Crippen LogP contribution is -2.49. The quantitative estimate of drug-likeness (QED) is 0.635. The van der Waals surface area contributed by atoms with E-state index in [1.54, 1.807) is 6.08 Å². The summed E-state index contributed by atoms with van der Waals surface area (Å²) in [4.78, 5) is 30.2. The number of ketones is 1. The number of hydrogen-bond donors (Lipinski definition) is 0. The van der Waals surface area contributed by atoms with Crippen LogP contribution in [0.2, 0.25) is 0 Å². The maximum atomic E-state index is 13.0. The number of ether oxygens (including phenoxy) is 3. The summed E-state index contributed by atoms with van der Waals surface area (Å²) in [7, 11) is 0. The SMILES string of the molecule is CC1=C2[C@H]3OC(=O)C(CN4CCN(Cc5ccc6c(c5)OCO6)CC4)[C@@H]3CC[C@@]2(C)C=CC1=O. The second-order valence-corrected chi connectivity index (χ2v) is 10.6. The summed E-state index contributed by atoms with van der Waals surface area (Å²) in [5.41, 5.74) is 2.87. The lowest BCUT2D eigenvalue weighted by Gasteiger charge is -2.43. The standard InChI is InChI=1S/C27H32N2O5/c1-17-21(30)6-8-27(2)7-5-19-20(26(31)34-25(19)24(17)27)15-29-11-9-28(10-12-29)14-18-3-4-22-23(13-18)33-16-32-22/h3-4,6,8,13,19-20,25H,5,7,9-12,14-16H2,1-2H3/t19-,20?,25-,27-/m0/s1. The van der Waals surface area contributed by atoms with Crippen molar-refractivity contribution in [1.29, 1.82) is 0 Å². The van der Waals surface area contributed by atoms with Gasteiger partial charge in [0.25, 0.3) is 0 Å². The summed E-state index contributed by atoms with van der Waals surface area (Å²) in [5.74, 6) is 1.65. The molecule has 2 saturated heterocycles. The largest absolute Gasteiger partial charge is 0.457 e. The van der Waals surface area contributed by atoms with E-state index in [1.807, 2.05) is 19.1 Å².